The van der Waals surface area contributed by atoms with E-state index in [1.165, 1.54) is 11.1 Å². The summed E-state index contributed by atoms with van der Waals surface area (Å²) in [6.45, 7) is 5.39. The molecule has 0 bridgehead atoms. The number of halogens is 2. The predicted octanol–water partition coefficient (Wildman–Crippen LogP) is 6.17. The molecule has 0 saturated carbocycles. The maximum Gasteiger partial charge on any atom is 0.0795 e. The average Bonchev–Trinajstić information content (AvgIpc) is 2.83. The molecule has 1 fully saturated rings. The maximum absolute atomic E-state index is 10.8. The van der Waals surface area contributed by atoms with E-state index in [9.17, 15) is 5.11 Å². The van der Waals surface area contributed by atoms with Crippen LogP contribution in [0.25, 0.3) is 0 Å². The van der Waals surface area contributed by atoms with Crippen molar-refractivity contribution in [3.8, 4) is 0 Å². The molecule has 1 N–H and O–H groups in total. The monoisotopic (exact) mass is 417 g/mol. The second kappa shape index (κ2) is 8.75. The second-order valence-corrected chi connectivity index (χ2v) is 9.32. The Morgan fingerprint density at radius 3 is 2.39 bits per heavy atom. The summed E-state index contributed by atoms with van der Waals surface area (Å²) in [6, 6.07) is 12.1. The van der Waals surface area contributed by atoms with Gasteiger partial charge in [-0.3, -0.25) is 0 Å². The lowest BCUT2D eigenvalue weighted by Crippen LogP contribution is -2.37. The molecule has 0 amide bonds. The van der Waals surface area contributed by atoms with Crippen LogP contribution in [0.15, 0.2) is 36.4 Å². The molecule has 0 spiro atoms. The maximum atomic E-state index is 10.8. The van der Waals surface area contributed by atoms with Crippen LogP contribution in [0.4, 0.5) is 0 Å². The minimum atomic E-state index is -0.332. The third-order valence-electron chi connectivity index (χ3n) is 6.68. The fraction of sp³-hybridized carbons (Fsp3) is 0.500. The number of benzene rings is 2. The molecule has 0 radical (unpaired) electrons. The lowest BCUT2D eigenvalue weighted by Gasteiger charge is -2.35. The van der Waals surface area contributed by atoms with Crippen molar-refractivity contribution >= 4 is 23.2 Å². The van der Waals surface area contributed by atoms with Gasteiger partial charge in [0.1, 0.15) is 0 Å². The van der Waals surface area contributed by atoms with Gasteiger partial charge in [-0.25, -0.2) is 0 Å². The van der Waals surface area contributed by atoms with E-state index in [0.29, 0.717) is 11.8 Å². The van der Waals surface area contributed by atoms with Gasteiger partial charge in [0.2, 0.25) is 0 Å². The van der Waals surface area contributed by atoms with Gasteiger partial charge in [0.15, 0.2) is 0 Å². The molecule has 4 heteroatoms. The number of aliphatic hydroxyl groups excluding tert-OH is 1. The van der Waals surface area contributed by atoms with E-state index in [0.717, 1.165) is 72.9 Å². The van der Waals surface area contributed by atoms with Crippen LogP contribution >= 0.6 is 23.2 Å². The number of aryl methyl sites for hydroxylation is 1. The third-order valence-corrected chi connectivity index (χ3v) is 7.34. The van der Waals surface area contributed by atoms with Gasteiger partial charge in [0, 0.05) is 16.6 Å². The van der Waals surface area contributed by atoms with Crippen molar-refractivity contribution in [2.24, 2.45) is 5.92 Å². The van der Waals surface area contributed by atoms with Gasteiger partial charge >= 0.3 is 0 Å². The summed E-state index contributed by atoms with van der Waals surface area (Å²) in [6.07, 6.45) is 4.96. The topological polar surface area (TPSA) is 23.5 Å². The highest BCUT2D eigenvalue weighted by Crippen LogP contribution is 2.38. The number of piperidine rings is 1. The number of hydrogen-bond acceptors (Lipinski definition) is 2. The summed E-state index contributed by atoms with van der Waals surface area (Å²) >= 11 is 12.8. The highest BCUT2D eigenvalue weighted by atomic mass is 35.5. The van der Waals surface area contributed by atoms with Crippen LogP contribution in [-0.2, 0) is 6.42 Å². The fourth-order valence-corrected chi connectivity index (χ4v) is 5.83. The quantitative estimate of drug-likeness (QED) is 0.603. The normalized spacial score (nSPS) is 24.0. The molecule has 2 aromatic carbocycles. The molecule has 0 aromatic heterocycles. The standard InChI is InChI=1S/C24H29Cl2NO/c1-16-4-2-5-20-19(16)9-8-17(14-23(20)28)15-27-12-10-18(11-13-27)24-21(25)6-3-7-22(24)26/h2-7,17-18,23,28H,8-15H2,1H3/t17?,23-/m0/s1. The first-order valence-electron chi connectivity index (χ1n) is 10.5. The number of nitrogens with zero attached hydrogens (tertiary/aromatic N) is 1. The van der Waals surface area contributed by atoms with Crippen LogP contribution in [0.5, 0.6) is 0 Å². The summed E-state index contributed by atoms with van der Waals surface area (Å²) < 4.78 is 0. The molecule has 4 rings (SSSR count). The zero-order chi connectivity index (χ0) is 19.7. The van der Waals surface area contributed by atoms with Gasteiger partial charge in [-0.2, -0.15) is 0 Å². The van der Waals surface area contributed by atoms with Crippen molar-refractivity contribution in [1.29, 1.82) is 0 Å². The van der Waals surface area contributed by atoms with E-state index >= 15 is 0 Å². The number of hydrogen-bond donors (Lipinski definition) is 1. The Labute approximate surface area is 178 Å². The first-order valence-corrected chi connectivity index (χ1v) is 11.2. The first kappa shape index (κ1) is 20.2. The highest BCUT2D eigenvalue weighted by molar-refractivity contribution is 6.36. The number of fused-ring (bicyclic) bond motifs is 1. The second-order valence-electron chi connectivity index (χ2n) is 8.51. The Balaban J connectivity index is 1.36. The smallest absolute Gasteiger partial charge is 0.0795 e. The van der Waals surface area contributed by atoms with Crippen LogP contribution in [0, 0.1) is 12.8 Å². The van der Waals surface area contributed by atoms with Gasteiger partial charge in [0.05, 0.1) is 6.10 Å². The van der Waals surface area contributed by atoms with Crippen molar-refractivity contribution in [1.82, 2.24) is 4.90 Å². The van der Waals surface area contributed by atoms with Crippen molar-refractivity contribution in [3.63, 3.8) is 0 Å². The predicted molar refractivity (Wildman–Crippen MR) is 117 cm³/mol. The van der Waals surface area contributed by atoms with Crippen LogP contribution in [0.1, 0.15) is 60.0 Å². The zero-order valence-electron chi connectivity index (χ0n) is 16.5. The minimum Gasteiger partial charge on any atom is -0.388 e. The molecule has 28 heavy (non-hydrogen) atoms. The number of rotatable bonds is 3. The van der Waals surface area contributed by atoms with Gasteiger partial charge in [-0.1, -0.05) is 47.5 Å². The first-order chi connectivity index (χ1) is 13.5. The zero-order valence-corrected chi connectivity index (χ0v) is 18.0. The van der Waals surface area contributed by atoms with E-state index in [1.807, 2.05) is 18.2 Å². The third kappa shape index (κ3) is 4.26. The van der Waals surface area contributed by atoms with Crippen molar-refractivity contribution in [2.45, 2.75) is 51.0 Å². The van der Waals surface area contributed by atoms with E-state index < -0.39 is 0 Å². The van der Waals surface area contributed by atoms with E-state index in [2.05, 4.69) is 30.0 Å². The van der Waals surface area contributed by atoms with Crippen LogP contribution in [-0.4, -0.2) is 29.6 Å². The Kier molecular flexibility index (Phi) is 6.32. The largest absolute Gasteiger partial charge is 0.388 e. The van der Waals surface area contributed by atoms with E-state index in [1.54, 1.807) is 0 Å². The van der Waals surface area contributed by atoms with Gasteiger partial charge in [-0.15, -0.1) is 0 Å². The average molecular weight is 418 g/mol. The van der Waals surface area contributed by atoms with Gasteiger partial charge < -0.3 is 10.0 Å². The highest BCUT2D eigenvalue weighted by Gasteiger charge is 2.28. The molecule has 2 aromatic rings. The summed E-state index contributed by atoms with van der Waals surface area (Å²) in [5, 5.41) is 12.4. The molecule has 1 aliphatic heterocycles. The van der Waals surface area contributed by atoms with Crippen molar-refractivity contribution in [3.05, 3.63) is 68.7 Å². The molecular weight excluding hydrogens is 389 g/mol. The van der Waals surface area contributed by atoms with Crippen LogP contribution in [0.2, 0.25) is 10.0 Å². The summed E-state index contributed by atoms with van der Waals surface area (Å²) in [7, 11) is 0. The molecular formula is C24H29Cl2NO. The lowest BCUT2D eigenvalue weighted by molar-refractivity contribution is 0.117. The SMILES string of the molecule is Cc1cccc2c1CCC(CN1CCC(c3c(Cl)cccc3Cl)CC1)C[C@@H]2O. The Bertz CT molecular complexity index is 809. The molecule has 1 aliphatic carbocycles. The molecule has 1 heterocycles. The van der Waals surface area contributed by atoms with E-state index in [-0.39, 0.29) is 6.10 Å². The molecule has 2 atom stereocenters. The summed E-state index contributed by atoms with van der Waals surface area (Å²) in [5.41, 5.74) is 4.95. The summed E-state index contributed by atoms with van der Waals surface area (Å²) in [4.78, 5) is 2.57. The fourth-order valence-electron chi connectivity index (χ4n) is 5.12. The molecule has 1 saturated heterocycles. The van der Waals surface area contributed by atoms with Gasteiger partial charge in [-0.05, 0) is 98.3 Å². The molecule has 2 nitrogen and oxygen atoms in total. The van der Waals surface area contributed by atoms with Crippen molar-refractivity contribution in [2.75, 3.05) is 19.6 Å². The molecule has 150 valence electrons. The number of aliphatic hydroxyl groups is 1. The van der Waals surface area contributed by atoms with E-state index in [4.69, 9.17) is 23.2 Å². The molecule has 2 aliphatic rings. The van der Waals surface area contributed by atoms with Crippen LogP contribution in [0.3, 0.4) is 0 Å². The number of likely N-dealkylation sites (tertiary alicyclic amines) is 1. The Hall–Kier alpha value is -1.06. The lowest BCUT2D eigenvalue weighted by atomic mass is 9.88. The minimum absolute atomic E-state index is 0.332. The Morgan fingerprint density at radius 1 is 1.00 bits per heavy atom. The Morgan fingerprint density at radius 2 is 1.68 bits per heavy atom. The van der Waals surface area contributed by atoms with Crippen molar-refractivity contribution < 1.29 is 5.11 Å². The molecule has 1 unspecified atom stereocenters. The summed E-state index contributed by atoms with van der Waals surface area (Å²) in [5.74, 6) is 0.992. The van der Waals surface area contributed by atoms with Crippen LogP contribution < -0.4 is 0 Å². The van der Waals surface area contributed by atoms with Gasteiger partial charge in [0.25, 0.3) is 0 Å².